The minimum absolute atomic E-state index is 0.0919. The molecule has 0 fully saturated rings. The molecule has 1 aliphatic heterocycles. The molecule has 6 N–H and O–H groups in total. The van der Waals surface area contributed by atoms with E-state index >= 15 is 0 Å². The van der Waals surface area contributed by atoms with Crippen molar-refractivity contribution < 1.29 is 43.6 Å². The Balaban J connectivity index is 2.61. The molecule has 0 saturated carbocycles. The predicted octanol–water partition coefficient (Wildman–Crippen LogP) is 1.73. The first-order valence-corrected chi connectivity index (χ1v) is 14.3. The number of amides is 2. The van der Waals surface area contributed by atoms with Crippen LogP contribution in [0.4, 0.5) is 4.79 Å². The molecule has 43 heavy (non-hydrogen) atoms. The van der Waals surface area contributed by atoms with Crippen LogP contribution in [-0.4, -0.2) is 85.6 Å². The van der Waals surface area contributed by atoms with Crippen LogP contribution in [0, 0.1) is 11.8 Å². The highest BCUT2D eigenvalue weighted by Gasteiger charge is 2.33. The summed E-state index contributed by atoms with van der Waals surface area (Å²) in [5.74, 6) is -2.25. The molecule has 2 aliphatic rings. The van der Waals surface area contributed by atoms with Crippen molar-refractivity contribution in [3.05, 3.63) is 58.5 Å². The van der Waals surface area contributed by atoms with Gasteiger partial charge in [-0.25, -0.2) is 4.79 Å². The largest absolute Gasteiger partial charge is 0.439 e. The zero-order valence-corrected chi connectivity index (χ0v) is 25.7. The number of fused-ring (bicyclic) bond motifs is 2. The topological polar surface area (TPSA) is 187 Å². The first-order valence-electron chi connectivity index (χ1n) is 14.3. The number of allylic oxidation sites excluding steroid dienone is 4. The van der Waals surface area contributed by atoms with Gasteiger partial charge in [0.1, 0.15) is 6.10 Å². The van der Waals surface area contributed by atoms with E-state index in [1.807, 2.05) is 6.92 Å². The third-order valence-electron chi connectivity index (χ3n) is 7.43. The highest BCUT2D eigenvalue weighted by atomic mass is 16.6. The summed E-state index contributed by atoms with van der Waals surface area (Å²) in [4.78, 5) is 51.4. The lowest BCUT2D eigenvalue weighted by Crippen LogP contribution is -2.38. The molecule has 2 bridgehead atoms. The minimum atomic E-state index is -1.01. The first-order chi connectivity index (χ1) is 20.3. The number of primary amides is 1. The van der Waals surface area contributed by atoms with Gasteiger partial charge in [0.25, 0.3) is 5.91 Å². The summed E-state index contributed by atoms with van der Waals surface area (Å²) < 4.78 is 16.6. The Morgan fingerprint density at radius 3 is 2.47 bits per heavy atom. The minimum Gasteiger partial charge on any atom is -0.439 e. The van der Waals surface area contributed by atoms with Gasteiger partial charge < -0.3 is 40.8 Å². The zero-order valence-electron chi connectivity index (χ0n) is 25.7. The van der Waals surface area contributed by atoms with Crippen molar-refractivity contribution in [3.63, 3.8) is 0 Å². The van der Waals surface area contributed by atoms with Crippen LogP contribution in [0.25, 0.3) is 0 Å². The van der Waals surface area contributed by atoms with Crippen LogP contribution in [0.3, 0.4) is 0 Å². The van der Waals surface area contributed by atoms with Gasteiger partial charge in [-0.1, -0.05) is 38.2 Å². The van der Waals surface area contributed by atoms with Crippen molar-refractivity contribution in [2.45, 2.75) is 71.4 Å². The number of carbonyl (C=O) groups excluding carboxylic acids is 4. The van der Waals surface area contributed by atoms with E-state index < -0.39 is 53.9 Å². The van der Waals surface area contributed by atoms with E-state index in [2.05, 4.69) is 10.6 Å². The number of nitrogens with one attached hydrogen (secondary N) is 2. The fourth-order valence-corrected chi connectivity index (χ4v) is 5.07. The third-order valence-corrected chi connectivity index (χ3v) is 7.43. The summed E-state index contributed by atoms with van der Waals surface area (Å²) in [6.45, 7) is 7.12. The molecule has 0 aromatic carbocycles. The lowest BCUT2D eigenvalue weighted by atomic mass is 9.85. The molecule has 0 saturated heterocycles. The normalized spacial score (nSPS) is 28.1. The van der Waals surface area contributed by atoms with Gasteiger partial charge in [-0.3, -0.25) is 14.4 Å². The van der Waals surface area contributed by atoms with Gasteiger partial charge in [0.15, 0.2) is 6.10 Å². The Bertz CT molecular complexity index is 1200. The zero-order chi connectivity index (χ0) is 32.3. The van der Waals surface area contributed by atoms with Gasteiger partial charge in [-0.05, 0) is 44.6 Å². The number of methoxy groups -OCH3 is 2. The summed E-state index contributed by atoms with van der Waals surface area (Å²) in [6, 6.07) is 0. The molecule has 238 valence electrons. The second-order valence-corrected chi connectivity index (χ2v) is 10.9. The summed E-state index contributed by atoms with van der Waals surface area (Å²) in [6.07, 6.45) is 3.98. The second-order valence-electron chi connectivity index (χ2n) is 10.9. The lowest BCUT2D eigenvalue weighted by molar-refractivity contribution is -0.120. The number of hydrogen-bond donors (Lipinski definition) is 5. The third kappa shape index (κ3) is 9.99. The van der Waals surface area contributed by atoms with Gasteiger partial charge in [0, 0.05) is 50.5 Å². The van der Waals surface area contributed by atoms with Crippen LogP contribution >= 0.6 is 0 Å². The predicted molar refractivity (Wildman–Crippen MR) is 159 cm³/mol. The molecule has 0 aromatic rings. The second kappa shape index (κ2) is 16.9. The quantitative estimate of drug-likeness (QED) is 0.163. The van der Waals surface area contributed by atoms with E-state index in [4.69, 9.17) is 19.9 Å². The van der Waals surface area contributed by atoms with Crippen LogP contribution in [0.15, 0.2) is 58.5 Å². The Kier molecular flexibility index (Phi) is 14.0. The first kappa shape index (κ1) is 35.6. The number of aliphatic hydroxyl groups excluding tert-OH is 2. The van der Waals surface area contributed by atoms with E-state index in [1.165, 1.54) is 27.2 Å². The Morgan fingerprint density at radius 1 is 1.16 bits per heavy atom. The molecular weight excluding hydrogens is 558 g/mol. The number of nitrogens with two attached hydrogens (primary N) is 1. The number of ketones is 2. The van der Waals surface area contributed by atoms with Gasteiger partial charge >= 0.3 is 6.09 Å². The summed E-state index contributed by atoms with van der Waals surface area (Å²) in [5.41, 5.74) is 6.32. The van der Waals surface area contributed by atoms with E-state index in [0.29, 0.717) is 18.4 Å². The lowest BCUT2D eigenvalue weighted by Gasteiger charge is -2.30. The van der Waals surface area contributed by atoms with Gasteiger partial charge in [-0.15, -0.1) is 0 Å². The van der Waals surface area contributed by atoms with Crippen LogP contribution < -0.4 is 16.4 Å². The summed E-state index contributed by atoms with van der Waals surface area (Å²) in [5, 5.41) is 26.0. The molecule has 0 aromatic heterocycles. The van der Waals surface area contributed by atoms with Crippen LogP contribution in [0.1, 0.15) is 47.0 Å². The fraction of sp³-hybridized carbons (Fsp3) is 0.548. The molecule has 0 unspecified atom stereocenters. The number of Topliss-reactive ketones (excluding diaryl/α,β-unsaturated/α-hetero) is 1. The summed E-state index contributed by atoms with van der Waals surface area (Å²) in [7, 11) is 2.90. The Labute approximate surface area is 252 Å². The maximum atomic E-state index is 13.6. The highest BCUT2D eigenvalue weighted by Crippen LogP contribution is 2.28. The fourth-order valence-electron chi connectivity index (χ4n) is 5.07. The van der Waals surface area contributed by atoms with Crippen LogP contribution in [-0.2, 0) is 28.6 Å². The number of carbonyl (C=O) groups is 4. The molecule has 12 nitrogen and oxygen atoms in total. The molecule has 12 heteroatoms. The van der Waals surface area contributed by atoms with E-state index in [-0.39, 0.29) is 48.0 Å². The number of rotatable bonds is 7. The van der Waals surface area contributed by atoms with Crippen molar-refractivity contribution in [1.29, 1.82) is 0 Å². The standard InChI is InChI=1S/C31H45N3O9/c1-17-13-21-26(33-11-8-12-35)23(36)16-22(28(21)38)34-30(39)18(2)9-7-10-24(41-5)29(43-31(32)40)20(4)15-19(3)27(37)25(14-17)42-6/h7,9-10,15-17,19,24-25,27,29,33,35,37H,8,11-14H2,1-6H3,(H2,32,40)(H,34,39)/t17-,19+,24+,25+,27-,29+/m1/s1. The van der Waals surface area contributed by atoms with Crippen LogP contribution in [0.2, 0.25) is 0 Å². The molecule has 1 aliphatic carbocycles. The van der Waals surface area contributed by atoms with Crippen molar-refractivity contribution in [2.24, 2.45) is 17.6 Å². The van der Waals surface area contributed by atoms with Gasteiger partial charge in [-0.2, -0.15) is 0 Å². The average molecular weight is 604 g/mol. The molecule has 0 spiro atoms. The van der Waals surface area contributed by atoms with Gasteiger partial charge in [0.2, 0.25) is 11.6 Å². The van der Waals surface area contributed by atoms with Crippen molar-refractivity contribution >= 4 is 23.6 Å². The maximum absolute atomic E-state index is 13.6. The van der Waals surface area contributed by atoms with Gasteiger partial charge in [0.05, 0.1) is 23.6 Å². The number of ether oxygens (including phenoxy) is 3. The number of hydrogen-bond acceptors (Lipinski definition) is 10. The maximum Gasteiger partial charge on any atom is 0.405 e. The molecule has 6 atom stereocenters. The molecular formula is C31H45N3O9. The average Bonchev–Trinajstić information content (AvgIpc) is 2.95. The van der Waals surface area contributed by atoms with E-state index in [1.54, 1.807) is 32.1 Å². The van der Waals surface area contributed by atoms with Crippen molar-refractivity contribution in [2.75, 3.05) is 27.4 Å². The highest BCUT2D eigenvalue weighted by molar-refractivity contribution is 6.23. The van der Waals surface area contributed by atoms with Crippen LogP contribution in [0.5, 0.6) is 0 Å². The molecule has 2 amide bonds. The Hall–Kier alpha value is -3.58. The Morgan fingerprint density at radius 2 is 1.86 bits per heavy atom. The molecule has 1 heterocycles. The SMILES string of the molecule is CO[C@H]1C=CC=C(C)C(=O)NC2=CC(=O)C(NCCCO)=C(C[C@@H](C)C[C@H](OC)[C@H](O)[C@@H](C)C=C(C)[C@@H]1OC(N)=O)C2=O. The van der Waals surface area contributed by atoms with Crippen molar-refractivity contribution in [3.8, 4) is 0 Å². The number of aliphatic hydroxyl groups is 2. The summed E-state index contributed by atoms with van der Waals surface area (Å²) >= 11 is 0. The monoisotopic (exact) mass is 603 g/mol. The van der Waals surface area contributed by atoms with E-state index in [9.17, 15) is 29.4 Å². The molecule has 2 rings (SSSR count). The van der Waals surface area contributed by atoms with Crippen molar-refractivity contribution in [1.82, 2.24) is 10.6 Å². The smallest absolute Gasteiger partial charge is 0.405 e. The molecule has 0 radical (unpaired) electrons. The van der Waals surface area contributed by atoms with E-state index in [0.717, 1.165) is 6.08 Å².